The summed E-state index contributed by atoms with van der Waals surface area (Å²) >= 11 is 0.977. The van der Waals surface area contributed by atoms with Gasteiger partial charge in [-0.05, 0) is 0 Å². The van der Waals surface area contributed by atoms with E-state index in [9.17, 15) is 13.2 Å². The summed E-state index contributed by atoms with van der Waals surface area (Å²) in [6.45, 7) is 0. The maximum atomic E-state index is 11.4. The van der Waals surface area contributed by atoms with E-state index in [0.717, 1.165) is 11.8 Å². The van der Waals surface area contributed by atoms with Crippen LogP contribution < -0.4 is 5.32 Å². The predicted octanol–water partition coefficient (Wildman–Crippen LogP) is 1.62. The molecular weight excluding hydrogens is 167 g/mol. The summed E-state index contributed by atoms with van der Waals surface area (Å²) in [4.78, 5) is 0. The lowest BCUT2D eigenvalue weighted by molar-refractivity contribution is -0.300. The number of ether oxygens (including phenoxy) is 1. The van der Waals surface area contributed by atoms with E-state index >= 15 is 0 Å². The zero-order chi connectivity index (χ0) is 7.61. The monoisotopic (exact) mass is 171 g/mol. The SMILES string of the molecule is FC(F)(F)OC1=CNCS1. The standard InChI is InChI=1S/C4H4F3NOS/c5-4(6,7)9-3-1-8-2-10-3/h1,8H,2H2. The first-order valence-electron chi connectivity index (χ1n) is 2.40. The number of nitrogens with one attached hydrogen (secondary N) is 1. The highest BCUT2D eigenvalue weighted by Gasteiger charge is 2.32. The maximum Gasteiger partial charge on any atom is 0.573 e. The highest BCUT2D eigenvalue weighted by Crippen LogP contribution is 2.28. The predicted molar refractivity (Wildman–Crippen MR) is 30.8 cm³/mol. The average molecular weight is 171 g/mol. The van der Waals surface area contributed by atoms with Crippen molar-refractivity contribution in [2.75, 3.05) is 5.88 Å². The number of thioether (sulfide) groups is 1. The van der Waals surface area contributed by atoms with Gasteiger partial charge >= 0.3 is 6.36 Å². The molecule has 0 amide bonds. The zero-order valence-corrected chi connectivity index (χ0v) is 5.55. The van der Waals surface area contributed by atoms with Crippen molar-refractivity contribution >= 4 is 11.8 Å². The number of rotatable bonds is 1. The molecule has 0 radical (unpaired) electrons. The van der Waals surface area contributed by atoms with Gasteiger partial charge in [0.15, 0.2) is 5.09 Å². The molecule has 0 saturated carbocycles. The lowest BCUT2D eigenvalue weighted by Gasteiger charge is -2.06. The minimum Gasteiger partial charge on any atom is -0.398 e. The summed E-state index contributed by atoms with van der Waals surface area (Å²) in [7, 11) is 0. The van der Waals surface area contributed by atoms with Crippen molar-refractivity contribution in [1.82, 2.24) is 5.32 Å². The molecule has 0 aromatic rings. The van der Waals surface area contributed by atoms with Gasteiger partial charge in [-0.25, -0.2) is 0 Å². The van der Waals surface area contributed by atoms with E-state index in [-0.39, 0.29) is 5.09 Å². The first-order chi connectivity index (χ1) is 4.58. The van der Waals surface area contributed by atoms with Crippen molar-refractivity contribution in [1.29, 1.82) is 0 Å². The van der Waals surface area contributed by atoms with E-state index in [1.54, 1.807) is 0 Å². The second-order valence-corrected chi connectivity index (χ2v) is 2.48. The second-order valence-electron chi connectivity index (χ2n) is 1.50. The van der Waals surface area contributed by atoms with Gasteiger partial charge in [-0.3, -0.25) is 0 Å². The first-order valence-corrected chi connectivity index (χ1v) is 3.38. The van der Waals surface area contributed by atoms with E-state index in [2.05, 4.69) is 10.1 Å². The summed E-state index contributed by atoms with van der Waals surface area (Å²) in [5.41, 5.74) is 0. The Hall–Kier alpha value is -0.520. The molecule has 1 aliphatic heterocycles. The fourth-order valence-electron chi connectivity index (χ4n) is 0.452. The molecule has 0 aromatic heterocycles. The largest absolute Gasteiger partial charge is 0.573 e. The Morgan fingerprint density at radius 1 is 1.60 bits per heavy atom. The van der Waals surface area contributed by atoms with Gasteiger partial charge in [0.05, 0.1) is 5.88 Å². The third kappa shape index (κ3) is 2.38. The van der Waals surface area contributed by atoms with Crippen LogP contribution in [-0.2, 0) is 4.74 Å². The Bertz CT molecular complexity index is 155. The Kier molecular flexibility index (Phi) is 1.98. The van der Waals surface area contributed by atoms with Crippen molar-refractivity contribution < 1.29 is 17.9 Å². The summed E-state index contributed by atoms with van der Waals surface area (Å²) in [6, 6.07) is 0. The third-order valence-electron chi connectivity index (χ3n) is 0.734. The van der Waals surface area contributed by atoms with Gasteiger partial charge in [0.2, 0.25) is 0 Å². The maximum absolute atomic E-state index is 11.4. The highest BCUT2D eigenvalue weighted by atomic mass is 32.2. The minimum atomic E-state index is -4.56. The molecule has 0 saturated heterocycles. The fourth-order valence-corrected chi connectivity index (χ4v) is 1.08. The van der Waals surface area contributed by atoms with E-state index < -0.39 is 6.36 Å². The van der Waals surface area contributed by atoms with Crippen molar-refractivity contribution in [3.8, 4) is 0 Å². The molecule has 0 spiro atoms. The van der Waals surface area contributed by atoms with Crippen LogP contribution >= 0.6 is 11.8 Å². The lowest BCUT2D eigenvalue weighted by Crippen LogP contribution is -2.10. The molecule has 0 unspecified atom stereocenters. The Morgan fingerprint density at radius 3 is 2.70 bits per heavy atom. The number of alkyl halides is 3. The number of hydrogen-bond acceptors (Lipinski definition) is 3. The van der Waals surface area contributed by atoms with E-state index in [1.165, 1.54) is 6.20 Å². The van der Waals surface area contributed by atoms with E-state index in [0.29, 0.717) is 5.88 Å². The molecule has 0 aliphatic carbocycles. The molecular formula is C4H4F3NOS. The van der Waals surface area contributed by atoms with Crippen LogP contribution in [0, 0.1) is 0 Å². The lowest BCUT2D eigenvalue weighted by atomic mass is 10.9. The molecule has 0 fully saturated rings. The van der Waals surface area contributed by atoms with Gasteiger partial charge in [-0.2, -0.15) is 0 Å². The Morgan fingerprint density at radius 2 is 2.30 bits per heavy atom. The van der Waals surface area contributed by atoms with Gasteiger partial charge in [0, 0.05) is 6.20 Å². The van der Waals surface area contributed by atoms with Crippen LogP contribution in [0.5, 0.6) is 0 Å². The molecule has 10 heavy (non-hydrogen) atoms. The van der Waals surface area contributed by atoms with Gasteiger partial charge in [0.1, 0.15) is 0 Å². The van der Waals surface area contributed by atoms with Crippen molar-refractivity contribution in [3.63, 3.8) is 0 Å². The Balaban J connectivity index is 2.38. The molecule has 0 bridgehead atoms. The fraction of sp³-hybridized carbons (Fsp3) is 0.500. The summed E-state index contributed by atoms with van der Waals surface area (Å²) in [5, 5.41) is 2.44. The minimum absolute atomic E-state index is 0.132. The molecule has 1 heterocycles. The van der Waals surface area contributed by atoms with Crippen molar-refractivity contribution in [3.05, 3.63) is 11.3 Å². The average Bonchev–Trinajstić information content (AvgIpc) is 2.12. The molecule has 1 N–H and O–H groups in total. The van der Waals surface area contributed by atoms with Crippen LogP contribution in [0.3, 0.4) is 0 Å². The second kappa shape index (κ2) is 2.61. The van der Waals surface area contributed by atoms with Crippen LogP contribution in [0.25, 0.3) is 0 Å². The normalized spacial score (nSPS) is 18.1. The van der Waals surface area contributed by atoms with Crippen LogP contribution in [0.2, 0.25) is 0 Å². The summed E-state index contributed by atoms with van der Waals surface area (Å²) < 4.78 is 37.8. The number of halogens is 3. The molecule has 58 valence electrons. The Labute approximate surface area is 59.4 Å². The topological polar surface area (TPSA) is 21.3 Å². The van der Waals surface area contributed by atoms with Gasteiger partial charge in [-0.1, -0.05) is 11.8 Å². The molecule has 6 heteroatoms. The van der Waals surface area contributed by atoms with Crippen LogP contribution in [-0.4, -0.2) is 12.2 Å². The highest BCUT2D eigenvalue weighted by molar-refractivity contribution is 8.03. The quantitative estimate of drug-likeness (QED) is 0.647. The van der Waals surface area contributed by atoms with Crippen LogP contribution in [0.4, 0.5) is 13.2 Å². The van der Waals surface area contributed by atoms with E-state index in [4.69, 9.17) is 0 Å². The molecule has 1 rings (SSSR count). The zero-order valence-electron chi connectivity index (χ0n) is 4.73. The van der Waals surface area contributed by atoms with Crippen LogP contribution in [0.1, 0.15) is 0 Å². The van der Waals surface area contributed by atoms with Crippen LogP contribution in [0.15, 0.2) is 11.3 Å². The smallest absolute Gasteiger partial charge is 0.398 e. The number of hydrogen-bond donors (Lipinski definition) is 1. The first kappa shape index (κ1) is 7.59. The molecule has 1 aliphatic rings. The van der Waals surface area contributed by atoms with Gasteiger partial charge < -0.3 is 10.1 Å². The molecule has 0 aromatic carbocycles. The van der Waals surface area contributed by atoms with E-state index in [1.807, 2.05) is 0 Å². The van der Waals surface area contributed by atoms with Gasteiger partial charge in [-0.15, -0.1) is 13.2 Å². The summed E-state index contributed by atoms with van der Waals surface area (Å²) in [6.07, 6.45) is -3.37. The van der Waals surface area contributed by atoms with Crippen molar-refractivity contribution in [2.24, 2.45) is 0 Å². The van der Waals surface area contributed by atoms with Crippen molar-refractivity contribution in [2.45, 2.75) is 6.36 Å². The van der Waals surface area contributed by atoms with Gasteiger partial charge in [0.25, 0.3) is 0 Å². The third-order valence-corrected chi connectivity index (χ3v) is 1.53. The molecule has 0 atom stereocenters. The summed E-state index contributed by atoms with van der Waals surface area (Å²) in [5.74, 6) is 0.436. The molecule has 2 nitrogen and oxygen atoms in total.